The van der Waals surface area contributed by atoms with E-state index in [1.807, 2.05) is 29.2 Å². The van der Waals surface area contributed by atoms with E-state index in [-0.39, 0.29) is 18.1 Å². The van der Waals surface area contributed by atoms with E-state index in [1.165, 1.54) is 18.4 Å². The first-order valence-corrected chi connectivity index (χ1v) is 10.4. The van der Waals surface area contributed by atoms with E-state index < -0.39 is 5.72 Å². The van der Waals surface area contributed by atoms with E-state index in [2.05, 4.69) is 31.2 Å². The quantitative estimate of drug-likeness (QED) is 0.857. The van der Waals surface area contributed by atoms with Gasteiger partial charge < -0.3 is 14.7 Å². The van der Waals surface area contributed by atoms with Gasteiger partial charge >= 0.3 is 0 Å². The first kappa shape index (κ1) is 17.9. The highest BCUT2D eigenvalue weighted by atomic mass is 16.5. The standard InChI is InChI=1S/C24H27NO3/c1-16-6-10-18(11-7-16)24(28-20-13-12-19(26)14-20)22-5-3-2-4-21(22)23(27)25(24)15-17-8-9-17/h2-7,10-11,17,19-20,26H,8-9,12-15H2,1H3. The van der Waals surface area contributed by atoms with Gasteiger partial charge in [-0.25, -0.2) is 0 Å². The van der Waals surface area contributed by atoms with Crippen LogP contribution in [0.25, 0.3) is 0 Å². The third-order valence-electron chi connectivity index (χ3n) is 6.42. The number of aliphatic hydroxyl groups is 1. The minimum absolute atomic E-state index is 0.0571. The smallest absolute Gasteiger partial charge is 0.257 e. The van der Waals surface area contributed by atoms with Crippen molar-refractivity contribution >= 4 is 5.91 Å². The molecule has 1 aliphatic heterocycles. The molecule has 5 rings (SSSR count). The van der Waals surface area contributed by atoms with Crippen molar-refractivity contribution < 1.29 is 14.6 Å². The summed E-state index contributed by atoms with van der Waals surface area (Å²) in [6.07, 6.45) is 4.18. The Hall–Kier alpha value is -2.17. The summed E-state index contributed by atoms with van der Waals surface area (Å²) in [7, 11) is 0. The zero-order chi connectivity index (χ0) is 19.3. The Morgan fingerprint density at radius 3 is 2.50 bits per heavy atom. The van der Waals surface area contributed by atoms with Crippen molar-refractivity contribution in [3.05, 3.63) is 70.8 Å². The SMILES string of the molecule is Cc1ccc(C2(OC3CCC(O)C3)c3ccccc3C(=O)N2CC2CC2)cc1. The predicted molar refractivity (Wildman–Crippen MR) is 107 cm³/mol. The Morgan fingerprint density at radius 1 is 1.07 bits per heavy atom. The minimum atomic E-state index is -0.904. The van der Waals surface area contributed by atoms with Crippen molar-refractivity contribution in [1.82, 2.24) is 4.90 Å². The summed E-state index contributed by atoms with van der Waals surface area (Å²) in [5, 5.41) is 10.1. The topological polar surface area (TPSA) is 49.8 Å². The number of benzene rings is 2. The lowest BCUT2D eigenvalue weighted by atomic mass is 9.92. The van der Waals surface area contributed by atoms with Crippen LogP contribution in [-0.4, -0.2) is 34.7 Å². The van der Waals surface area contributed by atoms with E-state index in [4.69, 9.17) is 4.74 Å². The maximum Gasteiger partial charge on any atom is 0.257 e. The summed E-state index contributed by atoms with van der Waals surface area (Å²) < 4.78 is 6.84. The van der Waals surface area contributed by atoms with Gasteiger partial charge in [0, 0.05) is 23.2 Å². The van der Waals surface area contributed by atoms with Crippen LogP contribution in [0.5, 0.6) is 0 Å². The van der Waals surface area contributed by atoms with E-state index in [0.717, 1.165) is 36.1 Å². The maximum absolute atomic E-state index is 13.5. The number of nitrogens with zero attached hydrogens (tertiary/aromatic N) is 1. The predicted octanol–water partition coefficient (Wildman–Crippen LogP) is 3.99. The second-order valence-corrected chi connectivity index (χ2v) is 8.62. The number of aryl methyl sites for hydroxylation is 1. The number of rotatable bonds is 5. The molecule has 2 fully saturated rings. The molecule has 2 saturated carbocycles. The Bertz CT molecular complexity index is 889. The van der Waals surface area contributed by atoms with Crippen molar-refractivity contribution in [2.75, 3.05) is 6.54 Å². The second kappa shape index (κ2) is 6.71. The molecule has 2 aromatic rings. The van der Waals surface area contributed by atoms with Gasteiger partial charge in [0.15, 0.2) is 5.72 Å². The molecular formula is C24H27NO3. The number of amides is 1. The van der Waals surface area contributed by atoms with E-state index in [1.54, 1.807) is 0 Å². The third-order valence-corrected chi connectivity index (χ3v) is 6.42. The average molecular weight is 377 g/mol. The number of carbonyl (C=O) groups excluding carboxylic acids is 1. The van der Waals surface area contributed by atoms with Crippen molar-refractivity contribution in [2.24, 2.45) is 5.92 Å². The second-order valence-electron chi connectivity index (χ2n) is 8.62. The molecule has 28 heavy (non-hydrogen) atoms. The normalized spacial score (nSPS) is 29.4. The largest absolute Gasteiger partial charge is 0.393 e. The molecular weight excluding hydrogens is 350 g/mol. The van der Waals surface area contributed by atoms with Gasteiger partial charge in [0.1, 0.15) is 0 Å². The fourth-order valence-corrected chi connectivity index (χ4v) is 4.72. The van der Waals surface area contributed by atoms with Crippen LogP contribution in [0.2, 0.25) is 0 Å². The van der Waals surface area contributed by atoms with Crippen LogP contribution in [0.3, 0.4) is 0 Å². The molecule has 4 nitrogen and oxygen atoms in total. The fourth-order valence-electron chi connectivity index (χ4n) is 4.72. The Labute approximate surface area is 166 Å². The molecule has 1 amide bonds. The lowest BCUT2D eigenvalue weighted by Gasteiger charge is -2.41. The Morgan fingerprint density at radius 2 is 1.82 bits per heavy atom. The number of carbonyl (C=O) groups is 1. The maximum atomic E-state index is 13.5. The first-order valence-electron chi connectivity index (χ1n) is 10.4. The molecule has 1 heterocycles. The van der Waals surface area contributed by atoms with E-state index in [9.17, 15) is 9.90 Å². The molecule has 0 aromatic heterocycles. The Kier molecular flexibility index (Phi) is 4.29. The third kappa shape index (κ3) is 2.87. The molecule has 3 unspecified atom stereocenters. The summed E-state index contributed by atoms with van der Waals surface area (Å²) >= 11 is 0. The van der Waals surface area contributed by atoms with Gasteiger partial charge in [-0.1, -0.05) is 48.0 Å². The van der Waals surface area contributed by atoms with E-state index >= 15 is 0 Å². The molecule has 0 saturated heterocycles. The van der Waals surface area contributed by atoms with Gasteiger partial charge in [-0.05, 0) is 51.0 Å². The zero-order valence-corrected chi connectivity index (χ0v) is 16.3. The van der Waals surface area contributed by atoms with Crippen LogP contribution < -0.4 is 0 Å². The van der Waals surface area contributed by atoms with Crippen molar-refractivity contribution in [1.29, 1.82) is 0 Å². The summed E-state index contributed by atoms with van der Waals surface area (Å²) in [6.45, 7) is 2.79. The number of fused-ring (bicyclic) bond motifs is 1. The van der Waals surface area contributed by atoms with Crippen LogP contribution in [0, 0.1) is 12.8 Å². The number of hydrogen-bond acceptors (Lipinski definition) is 3. The molecule has 146 valence electrons. The highest BCUT2D eigenvalue weighted by molar-refractivity contribution is 6.00. The first-order chi connectivity index (χ1) is 13.6. The van der Waals surface area contributed by atoms with E-state index in [0.29, 0.717) is 12.3 Å². The van der Waals surface area contributed by atoms with Gasteiger partial charge in [-0.2, -0.15) is 0 Å². The van der Waals surface area contributed by atoms with Crippen LogP contribution in [0.4, 0.5) is 0 Å². The van der Waals surface area contributed by atoms with Crippen LogP contribution in [-0.2, 0) is 10.5 Å². The molecule has 2 aromatic carbocycles. The monoisotopic (exact) mass is 377 g/mol. The van der Waals surface area contributed by atoms with Crippen molar-refractivity contribution in [3.63, 3.8) is 0 Å². The highest BCUT2D eigenvalue weighted by Crippen LogP contribution is 2.49. The van der Waals surface area contributed by atoms with Gasteiger partial charge in [0.2, 0.25) is 0 Å². The summed E-state index contributed by atoms with van der Waals surface area (Å²) in [5.41, 5.74) is 2.95. The van der Waals surface area contributed by atoms with Crippen LogP contribution in [0.1, 0.15) is 59.2 Å². The fraction of sp³-hybridized carbons (Fsp3) is 0.458. The van der Waals surface area contributed by atoms with Crippen molar-refractivity contribution in [2.45, 2.75) is 57.0 Å². The Balaban J connectivity index is 1.67. The van der Waals surface area contributed by atoms with Gasteiger partial charge in [-0.3, -0.25) is 4.79 Å². The van der Waals surface area contributed by atoms with Crippen molar-refractivity contribution in [3.8, 4) is 0 Å². The van der Waals surface area contributed by atoms with Gasteiger partial charge in [0.25, 0.3) is 5.91 Å². The number of aliphatic hydroxyl groups excluding tert-OH is 1. The average Bonchev–Trinajstić information content (AvgIpc) is 3.39. The summed E-state index contributed by atoms with van der Waals surface area (Å²) in [4.78, 5) is 15.4. The molecule has 0 spiro atoms. The van der Waals surface area contributed by atoms with Gasteiger partial charge in [-0.15, -0.1) is 0 Å². The molecule has 0 radical (unpaired) electrons. The van der Waals surface area contributed by atoms with Crippen LogP contribution in [0.15, 0.2) is 48.5 Å². The zero-order valence-electron chi connectivity index (χ0n) is 16.3. The number of ether oxygens (including phenoxy) is 1. The number of hydrogen-bond donors (Lipinski definition) is 1. The van der Waals surface area contributed by atoms with Gasteiger partial charge in [0.05, 0.1) is 12.2 Å². The molecule has 4 heteroatoms. The molecule has 1 N–H and O–H groups in total. The summed E-state index contributed by atoms with van der Waals surface area (Å²) in [6, 6.07) is 16.2. The molecule has 3 aliphatic rings. The lowest BCUT2D eigenvalue weighted by Crippen LogP contribution is -2.49. The molecule has 0 bridgehead atoms. The highest BCUT2D eigenvalue weighted by Gasteiger charge is 2.54. The molecule has 2 aliphatic carbocycles. The summed E-state index contributed by atoms with van der Waals surface area (Å²) in [5.74, 6) is 0.613. The lowest BCUT2D eigenvalue weighted by molar-refractivity contribution is -0.145. The minimum Gasteiger partial charge on any atom is -0.393 e. The molecule has 3 atom stereocenters. The van der Waals surface area contributed by atoms with Crippen LogP contribution >= 0.6 is 0 Å².